The van der Waals surface area contributed by atoms with Crippen LogP contribution >= 0.6 is 24.0 Å². The Labute approximate surface area is 181 Å². The molecule has 29 heavy (non-hydrogen) atoms. The lowest BCUT2D eigenvalue weighted by atomic mass is 9.82. The van der Waals surface area contributed by atoms with Crippen molar-refractivity contribution in [3.63, 3.8) is 0 Å². The van der Waals surface area contributed by atoms with E-state index in [1.54, 1.807) is 0 Å². The lowest BCUT2D eigenvalue weighted by molar-refractivity contribution is 0.144. The van der Waals surface area contributed by atoms with Gasteiger partial charge in [-0.2, -0.15) is 5.10 Å². The second-order valence-electron chi connectivity index (χ2n) is 7.55. The van der Waals surface area contributed by atoms with Crippen LogP contribution in [0.2, 0.25) is 0 Å². The van der Waals surface area contributed by atoms with Crippen LogP contribution in [0.15, 0.2) is 51.5 Å². The van der Waals surface area contributed by atoms with Crippen LogP contribution < -0.4 is 20.9 Å². The van der Waals surface area contributed by atoms with Gasteiger partial charge in [0, 0.05) is 16.5 Å². The standard InChI is InChI=1S/C22H23ClN4O.ClH/c23-15-10-11-24-21-18-13-25-27-20(22(18)26-19(21)12-15)14-6-8-17(9-7-14)28-16-4-2-1-3-5-16;/h1-5,10,12,14,17,25-26H,6-9,11,13H2;1H. The Hall–Kier alpha value is -2.24. The van der Waals surface area contributed by atoms with E-state index >= 15 is 0 Å². The van der Waals surface area contributed by atoms with Crippen LogP contribution in [0.1, 0.15) is 36.9 Å². The Balaban J connectivity index is 0.00000205. The molecule has 2 aliphatic heterocycles. The maximum Gasteiger partial charge on any atom is 0.119 e. The van der Waals surface area contributed by atoms with E-state index in [0.717, 1.165) is 58.6 Å². The van der Waals surface area contributed by atoms with Crippen molar-refractivity contribution in [3.8, 4) is 5.75 Å². The number of rotatable bonds is 3. The average Bonchev–Trinajstić information content (AvgIpc) is 2.95. The molecule has 3 heterocycles. The summed E-state index contributed by atoms with van der Waals surface area (Å²) in [4.78, 5) is 8.26. The predicted molar refractivity (Wildman–Crippen MR) is 118 cm³/mol. The molecule has 0 amide bonds. The minimum atomic E-state index is 0. The molecular weight excluding hydrogens is 407 g/mol. The first-order chi connectivity index (χ1) is 13.8. The molecule has 1 aromatic heterocycles. The van der Waals surface area contributed by atoms with Crippen LogP contribution in [0, 0.1) is 5.92 Å². The summed E-state index contributed by atoms with van der Waals surface area (Å²) in [5, 5.41) is 7.41. The summed E-state index contributed by atoms with van der Waals surface area (Å²) in [6, 6.07) is 10.1. The number of allylic oxidation sites excluding steroid dienone is 1. The Bertz CT molecular complexity index is 1050. The highest BCUT2D eigenvalue weighted by Crippen LogP contribution is 2.31. The van der Waals surface area contributed by atoms with E-state index in [4.69, 9.17) is 21.3 Å². The van der Waals surface area contributed by atoms with Gasteiger partial charge >= 0.3 is 0 Å². The largest absolute Gasteiger partial charge is 0.490 e. The highest BCUT2D eigenvalue weighted by Gasteiger charge is 2.30. The molecule has 1 saturated carbocycles. The highest BCUT2D eigenvalue weighted by molar-refractivity contribution is 6.34. The zero-order valence-corrected chi connectivity index (χ0v) is 17.6. The fourth-order valence-electron chi connectivity index (χ4n) is 4.35. The van der Waals surface area contributed by atoms with E-state index < -0.39 is 0 Å². The third-order valence-corrected chi connectivity index (χ3v) is 6.00. The number of nitrogens with zero attached hydrogens (tertiary/aromatic N) is 2. The monoisotopic (exact) mass is 430 g/mol. The Morgan fingerprint density at radius 2 is 1.86 bits per heavy atom. The zero-order valence-electron chi connectivity index (χ0n) is 16.0. The maximum absolute atomic E-state index is 6.25. The fourth-order valence-corrected chi connectivity index (χ4v) is 4.53. The van der Waals surface area contributed by atoms with E-state index in [-0.39, 0.29) is 18.5 Å². The molecule has 0 bridgehead atoms. The number of hydrogen-bond donors (Lipinski definition) is 2. The van der Waals surface area contributed by atoms with Crippen LogP contribution in [0.4, 0.5) is 0 Å². The molecule has 1 fully saturated rings. The maximum atomic E-state index is 6.25. The molecule has 3 aliphatic rings. The van der Waals surface area contributed by atoms with E-state index in [1.807, 2.05) is 42.5 Å². The fraction of sp³-hybridized carbons (Fsp3) is 0.364. The Morgan fingerprint density at radius 1 is 1.07 bits per heavy atom. The smallest absolute Gasteiger partial charge is 0.119 e. The molecule has 0 unspecified atom stereocenters. The van der Waals surface area contributed by atoms with Crippen molar-refractivity contribution in [2.75, 3.05) is 6.54 Å². The van der Waals surface area contributed by atoms with Gasteiger partial charge < -0.3 is 15.1 Å². The number of fused-ring (bicyclic) bond motifs is 3. The molecule has 1 aromatic carbocycles. The van der Waals surface area contributed by atoms with Crippen molar-refractivity contribution >= 4 is 35.8 Å². The summed E-state index contributed by atoms with van der Waals surface area (Å²) in [7, 11) is 0. The number of H-pyrrole nitrogens is 1. The Morgan fingerprint density at radius 3 is 2.66 bits per heavy atom. The molecule has 2 aromatic rings. The van der Waals surface area contributed by atoms with Gasteiger partial charge in [0.25, 0.3) is 0 Å². The predicted octanol–water partition coefficient (Wildman–Crippen LogP) is 3.42. The first kappa shape index (κ1) is 20.0. The number of aromatic nitrogens is 1. The average molecular weight is 431 g/mol. The van der Waals surface area contributed by atoms with Crippen molar-refractivity contribution in [1.82, 2.24) is 10.4 Å². The molecular formula is C22H24Cl2N4O. The number of para-hydroxylation sites is 1. The molecule has 0 atom stereocenters. The summed E-state index contributed by atoms with van der Waals surface area (Å²) >= 11 is 6.25. The first-order valence-corrected chi connectivity index (χ1v) is 10.3. The van der Waals surface area contributed by atoms with Gasteiger partial charge in [-0.1, -0.05) is 29.8 Å². The third-order valence-electron chi connectivity index (χ3n) is 5.74. The van der Waals surface area contributed by atoms with Crippen molar-refractivity contribution in [1.29, 1.82) is 0 Å². The van der Waals surface area contributed by atoms with Gasteiger partial charge in [0.05, 0.1) is 41.3 Å². The van der Waals surface area contributed by atoms with Gasteiger partial charge in [-0.25, -0.2) is 0 Å². The number of hydrogen-bond acceptors (Lipinski definition) is 4. The Kier molecular flexibility index (Phi) is 5.97. The third kappa shape index (κ3) is 4.07. The van der Waals surface area contributed by atoms with Crippen molar-refractivity contribution in [2.24, 2.45) is 16.0 Å². The van der Waals surface area contributed by atoms with Crippen LogP contribution in [0.5, 0.6) is 5.75 Å². The minimum Gasteiger partial charge on any atom is -0.490 e. The summed E-state index contributed by atoms with van der Waals surface area (Å²) in [5.41, 5.74) is 6.68. The number of nitrogens with one attached hydrogen (secondary N) is 2. The van der Waals surface area contributed by atoms with Crippen LogP contribution in [-0.4, -0.2) is 23.3 Å². The number of halogens is 2. The molecule has 1 aliphatic carbocycles. The van der Waals surface area contributed by atoms with Gasteiger partial charge in [-0.15, -0.1) is 12.4 Å². The summed E-state index contributed by atoms with van der Waals surface area (Å²) in [6.45, 7) is 1.31. The molecule has 7 heteroatoms. The summed E-state index contributed by atoms with van der Waals surface area (Å²) in [6.07, 6.45) is 8.40. The van der Waals surface area contributed by atoms with E-state index in [0.29, 0.717) is 19.0 Å². The van der Waals surface area contributed by atoms with E-state index in [2.05, 4.69) is 15.5 Å². The normalized spacial score (nSPS) is 22.8. The quantitative estimate of drug-likeness (QED) is 0.783. The van der Waals surface area contributed by atoms with Gasteiger partial charge in [0.1, 0.15) is 5.75 Å². The molecule has 0 radical (unpaired) electrons. The van der Waals surface area contributed by atoms with Gasteiger partial charge in [0.15, 0.2) is 0 Å². The van der Waals surface area contributed by atoms with Crippen molar-refractivity contribution < 1.29 is 4.74 Å². The van der Waals surface area contributed by atoms with Crippen LogP contribution in [-0.2, 0) is 6.54 Å². The van der Waals surface area contributed by atoms with E-state index in [9.17, 15) is 0 Å². The molecule has 152 valence electrons. The van der Waals surface area contributed by atoms with E-state index in [1.165, 1.54) is 5.56 Å². The number of ether oxygens (including phenoxy) is 1. The number of aromatic amines is 1. The first-order valence-electron chi connectivity index (χ1n) is 9.93. The molecule has 0 spiro atoms. The van der Waals surface area contributed by atoms with Gasteiger partial charge in [-0.05, 0) is 50.0 Å². The summed E-state index contributed by atoms with van der Waals surface area (Å²) < 4.78 is 6.15. The SMILES string of the molecule is Cl.ClC1=CCN=c2c3c([nH]c2=C1)C(C1CCC(Oc2ccccc2)CC1)=NNC3. The highest BCUT2D eigenvalue weighted by atomic mass is 35.5. The second-order valence-corrected chi connectivity index (χ2v) is 7.99. The minimum absolute atomic E-state index is 0. The molecule has 5 nitrogen and oxygen atoms in total. The van der Waals surface area contributed by atoms with Crippen LogP contribution in [0.3, 0.4) is 0 Å². The molecule has 0 saturated heterocycles. The van der Waals surface area contributed by atoms with Crippen LogP contribution in [0.25, 0.3) is 6.08 Å². The van der Waals surface area contributed by atoms with Gasteiger partial charge in [-0.3, -0.25) is 4.99 Å². The van der Waals surface area contributed by atoms with Crippen molar-refractivity contribution in [3.05, 3.63) is 63.4 Å². The zero-order chi connectivity index (χ0) is 18.9. The van der Waals surface area contributed by atoms with Gasteiger partial charge in [0.2, 0.25) is 0 Å². The second kappa shape index (κ2) is 8.64. The topological polar surface area (TPSA) is 61.8 Å². The molecule has 5 rings (SSSR count). The van der Waals surface area contributed by atoms with Crippen molar-refractivity contribution in [2.45, 2.75) is 38.3 Å². The number of benzene rings is 1. The number of hydrazone groups is 1. The lowest BCUT2D eigenvalue weighted by Gasteiger charge is -2.30. The molecule has 2 N–H and O–H groups in total. The lowest BCUT2D eigenvalue weighted by Crippen LogP contribution is -2.33. The summed E-state index contributed by atoms with van der Waals surface area (Å²) in [5.74, 6) is 1.38.